The number of nitrogens with zero attached hydrogens (tertiary/aromatic N) is 1. The minimum absolute atomic E-state index is 0.120. The third-order valence-corrected chi connectivity index (χ3v) is 3.34. The lowest BCUT2D eigenvalue weighted by molar-refractivity contribution is 0.170. The number of benzene rings is 2. The molecule has 0 fully saturated rings. The summed E-state index contributed by atoms with van der Waals surface area (Å²) < 4.78 is 6.06. The molecule has 1 heterocycles. The molecule has 0 aromatic heterocycles. The zero-order valence-corrected chi connectivity index (χ0v) is 11.0. The molecule has 0 N–H and O–H groups in total. The van der Waals surface area contributed by atoms with E-state index in [1.165, 1.54) is 11.1 Å². The molecule has 0 spiro atoms. The molecule has 2 heteroatoms. The van der Waals surface area contributed by atoms with Gasteiger partial charge in [-0.2, -0.15) is 0 Å². The van der Waals surface area contributed by atoms with Gasteiger partial charge in [-0.3, -0.25) is 4.99 Å². The van der Waals surface area contributed by atoms with E-state index in [9.17, 15) is 0 Å². The van der Waals surface area contributed by atoms with Gasteiger partial charge in [0.15, 0.2) is 0 Å². The Morgan fingerprint density at radius 3 is 2.68 bits per heavy atom. The Morgan fingerprint density at radius 2 is 1.89 bits per heavy atom. The zero-order chi connectivity index (χ0) is 13.1. The quantitative estimate of drug-likeness (QED) is 0.793. The van der Waals surface area contributed by atoms with Crippen LogP contribution in [-0.2, 0) is 4.74 Å². The van der Waals surface area contributed by atoms with Crippen molar-refractivity contribution in [2.45, 2.75) is 19.4 Å². The van der Waals surface area contributed by atoms with Crippen LogP contribution in [0.5, 0.6) is 0 Å². The van der Waals surface area contributed by atoms with E-state index in [2.05, 4.69) is 54.4 Å². The summed E-state index contributed by atoms with van der Waals surface area (Å²) in [5.41, 5.74) is 3.52. The summed E-state index contributed by atoms with van der Waals surface area (Å²) in [6, 6.07) is 18.7. The molecule has 1 atom stereocenters. The highest BCUT2D eigenvalue weighted by Crippen LogP contribution is 2.26. The second kappa shape index (κ2) is 5.27. The maximum atomic E-state index is 6.06. The Labute approximate surface area is 113 Å². The first-order chi connectivity index (χ1) is 9.33. The highest BCUT2D eigenvalue weighted by atomic mass is 16.5. The average molecular weight is 251 g/mol. The van der Waals surface area contributed by atoms with E-state index in [4.69, 9.17) is 4.74 Å². The summed E-state index contributed by atoms with van der Waals surface area (Å²) in [4.78, 5) is 4.51. The van der Waals surface area contributed by atoms with Crippen LogP contribution in [0.2, 0.25) is 0 Å². The van der Waals surface area contributed by atoms with E-state index in [1.807, 2.05) is 12.1 Å². The fraction of sp³-hybridized carbons (Fsp3) is 0.235. The lowest BCUT2D eigenvalue weighted by Crippen LogP contribution is -2.19. The van der Waals surface area contributed by atoms with Crippen molar-refractivity contribution in [3.8, 4) is 0 Å². The summed E-state index contributed by atoms with van der Waals surface area (Å²) >= 11 is 0. The Bertz CT molecular complexity index is 589. The molecule has 2 aromatic carbocycles. The molecule has 2 nitrogen and oxygen atoms in total. The van der Waals surface area contributed by atoms with E-state index in [0.29, 0.717) is 0 Å². The number of aliphatic imine (C=N–C) groups is 1. The molecule has 1 aliphatic heterocycles. The van der Waals surface area contributed by atoms with Crippen LogP contribution in [-0.4, -0.2) is 12.4 Å². The van der Waals surface area contributed by atoms with Crippen molar-refractivity contribution < 1.29 is 4.74 Å². The topological polar surface area (TPSA) is 21.6 Å². The average Bonchev–Trinajstić information content (AvgIpc) is 2.48. The van der Waals surface area contributed by atoms with Gasteiger partial charge in [0.2, 0.25) is 5.90 Å². The first-order valence-corrected chi connectivity index (χ1v) is 6.66. The summed E-state index contributed by atoms with van der Waals surface area (Å²) in [7, 11) is 0. The zero-order valence-electron chi connectivity index (χ0n) is 11.0. The van der Waals surface area contributed by atoms with Crippen LogP contribution in [0.4, 0.5) is 0 Å². The minimum Gasteiger partial charge on any atom is -0.469 e. The predicted molar refractivity (Wildman–Crippen MR) is 77.5 cm³/mol. The predicted octanol–water partition coefficient (Wildman–Crippen LogP) is 3.90. The summed E-state index contributed by atoms with van der Waals surface area (Å²) in [6.07, 6.45) is 1.06. The molecule has 19 heavy (non-hydrogen) atoms. The molecule has 0 amide bonds. The van der Waals surface area contributed by atoms with Gasteiger partial charge in [0.25, 0.3) is 0 Å². The molecule has 0 aliphatic carbocycles. The van der Waals surface area contributed by atoms with Gasteiger partial charge in [-0.25, -0.2) is 0 Å². The SMILES string of the molecule is Cc1cccc(C2=NCC[C@@H](c3ccccc3)O2)c1. The van der Waals surface area contributed by atoms with Crippen molar-refractivity contribution in [1.29, 1.82) is 0 Å². The van der Waals surface area contributed by atoms with Crippen molar-refractivity contribution >= 4 is 5.90 Å². The molecule has 1 aliphatic rings. The number of hydrogen-bond donors (Lipinski definition) is 0. The van der Waals surface area contributed by atoms with E-state index >= 15 is 0 Å². The van der Waals surface area contributed by atoms with Crippen LogP contribution in [0, 0.1) is 6.92 Å². The standard InChI is InChI=1S/C17H17NO/c1-13-6-5-9-15(12-13)17-18-11-10-16(19-17)14-7-3-2-4-8-14/h2-9,12,16H,10-11H2,1H3/t16-/m0/s1. The van der Waals surface area contributed by atoms with Crippen LogP contribution >= 0.6 is 0 Å². The third kappa shape index (κ3) is 2.68. The van der Waals surface area contributed by atoms with Crippen LogP contribution in [0.15, 0.2) is 59.6 Å². The van der Waals surface area contributed by atoms with Crippen molar-refractivity contribution in [3.05, 3.63) is 71.3 Å². The normalized spacial score (nSPS) is 18.6. The van der Waals surface area contributed by atoms with E-state index in [1.54, 1.807) is 0 Å². The van der Waals surface area contributed by atoms with Gasteiger partial charge in [0.05, 0.1) is 0 Å². The number of aryl methyl sites for hydroxylation is 1. The highest BCUT2D eigenvalue weighted by Gasteiger charge is 2.20. The summed E-state index contributed by atoms with van der Waals surface area (Å²) in [6.45, 7) is 2.91. The largest absolute Gasteiger partial charge is 0.469 e. The smallest absolute Gasteiger partial charge is 0.216 e. The lowest BCUT2D eigenvalue weighted by atomic mass is 10.0. The van der Waals surface area contributed by atoms with Gasteiger partial charge in [0, 0.05) is 18.5 Å². The van der Waals surface area contributed by atoms with E-state index < -0.39 is 0 Å². The Hall–Kier alpha value is -2.09. The van der Waals surface area contributed by atoms with Gasteiger partial charge in [-0.05, 0) is 24.6 Å². The first kappa shape index (κ1) is 12.0. The molecule has 0 saturated heterocycles. The van der Waals surface area contributed by atoms with Crippen molar-refractivity contribution in [1.82, 2.24) is 0 Å². The van der Waals surface area contributed by atoms with Crippen LogP contribution in [0.25, 0.3) is 0 Å². The molecular weight excluding hydrogens is 234 g/mol. The van der Waals surface area contributed by atoms with Gasteiger partial charge in [-0.15, -0.1) is 0 Å². The van der Waals surface area contributed by atoms with Crippen molar-refractivity contribution in [3.63, 3.8) is 0 Å². The molecule has 0 unspecified atom stereocenters. The number of hydrogen-bond acceptors (Lipinski definition) is 2. The maximum absolute atomic E-state index is 6.06. The first-order valence-electron chi connectivity index (χ1n) is 6.66. The summed E-state index contributed by atoms with van der Waals surface area (Å²) in [5.74, 6) is 0.767. The monoisotopic (exact) mass is 251 g/mol. The van der Waals surface area contributed by atoms with Gasteiger partial charge in [-0.1, -0.05) is 48.0 Å². The number of ether oxygens (including phenoxy) is 1. The highest BCUT2D eigenvalue weighted by molar-refractivity contribution is 5.94. The van der Waals surface area contributed by atoms with Gasteiger partial charge in [0.1, 0.15) is 6.10 Å². The lowest BCUT2D eigenvalue weighted by Gasteiger charge is -2.24. The van der Waals surface area contributed by atoms with Crippen LogP contribution in [0.1, 0.15) is 29.2 Å². The molecule has 2 aromatic rings. The molecule has 0 bridgehead atoms. The molecule has 3 rings (SSSR count). The molecule has 96 valence electrons. The van der Waals surface area contributed by atoms with Gasteiger partial charge >= 0.3 is 0 Å². The van der Waals surface area contributed by atoms with Crippen LogP contribution < -0.4 is 0 Å². The van der Waals surface area contributed by atoms with E-state index in [0.717, 1.165) is 24.4 Å². The van der Waals surface area contributed by atoms with Crippen molar-refractivity contribution in [2.75, 3.05) is 6.54 Å². The van der Waals surface area contributed by atoms with E-state index in [-0.39, 0.29) is 6.10 Å². The Morgan fingerprint density at radius 1 is 1.05 bits per heavy atom. The second-order valence-corrected chi connectivity index (χ2v) is 4.86. The van der Waals surface area contributed by atoms with Crippen molar-refractivity contribution in [2.24, 2.45) is 4.99 Å². The minimum atomic E-state index is 0.120. The molecule has 0 radical (unpaired) electrons. The Kier molecular flexibility index (Phi) is 3.32. The van der Waals surface area contributed by atoms with Crippen LogP contribution in [0.3, 0.4) is 0 Å². The fourth-order valence-corrected chi connectivity index (χ4v) is 2.35. The fourth-order valence-electron chi connectivity index (χ4n) is 2.35. The van der Waals surface area contributed by atoms with Gasteiger partial charge < -0.3 is 4.74 Å². The second-order valence-electron chi connectivity index (χ2n) is 4.86. The summed E-state index contributed by atoms with van der Waals surface area (Å²) in [5, 5.41) is 0. The molecule has 0 saturated carbocycles. The maximum Gasteiger partial charge on any atom is 0.216 e. The number of rotatable bonds is 2. The molecular formula is C17H17NO. The Balaban J connectivity index is 1.84. The third-order valence-electron chi connectivity index (χ3n) is 3.34.